The van der Waals surface area contributed by atoms with Gasteiger partial charge in [-0.15, -0.1) is 0 Å². The number of hydrogen-bond acceptors (Lipinski definition) is 7. The summed E-state index contributed by atoms with van der Waals surface area (Å²) >= 11 is 0. The van der Waals surface area contributed by atoms with Crippen molar-refractivity contribution in [2.75, 3.05) is 37.6 Å². The van der Waals surface area contributed by atoms with Crippen LogP contribution in [0.2, 0.25) is 0 Å². The Labute approximate surface area is 185 Å². The Bertz CT molecular complexity index is 1090. The number of carbonyl (C=O) groups is 1. The number of para-hydroxylation sites is 1. The molecule has 0 bridgehead atoms. The maximum Gasteiger partial charge on any atom is 0.407 e. The van der Waals surface area contributed by atoms with E-state index in [1.54, 1.807) is 18.2 Å². The minimum atomic E-state index is -4.31. The first kappa shape index (κ1) is 23.3. The molecule has 1 amide bonds. The fourth-order valence-corrected chi connectivity index (χ4v) is 5.20. The number of amides is 1. The number of rotatable bonds is 8. The van der Waals surface area contributed by atoms with Crippen molar-refractivity contribution in [1.82, 2.24) is 10.2 Å². The van der Waals surface area contributed by atoms with Crippen LogP contribution in [-0.4, -0.2) is 68.8 Å². The third-order valence-corrected chi connectivity index (χ3v) is 7.05. The predicted octanol–water partition coefficient (Wildman–Crippen LogP) is 2.14. The van der Waals surface area contributed by atoms with Gasteiger partial charge in [0.1, 0.15) is 5.75 Å². The maximum absolute atomic E-state index is 13.6. The number of carboxylic acid groups (broad SMARTS) is 1. The number of ether oxygens (including phenoxy) is 1. The van der Waals surface area contributed by atoms with Gasteiger partial charge in [-0.3, -0.25) is 14.4 Å². The molecular weight excluding hydrogens is 440 g/mol. The molecule has 0 spiro atoms. The Morgan fingerprint density at radius 2 is 2.06 bits per heavy atom. The van der Waals surface area contributed by atoms with Crippen LogP contribution in [-0.2, 0) is 10.0 Å². The van der Waals surface area contributed by atoms with Gasteiger partial charge in [0.2, 0.25) is 0 Å². The van der Waals surface area contributed by atoms with Crippen LogP contribution < -0.4 is 14.4 Å². The van der Waals surface area contributed by atoms with Crippen LogP contribution in [0.5, 0.6) is 5.75 Å². The smallest absolute Gasteiger partial charge is 0.407 e. The summed E-state index contributed by atoms with van der Waals surface area (Å²) in [6.07, 6.45) is -0.741. The number of nitro benzene ring substituents is 1. The SMILES string of the molecule is COc1cccc(N(CCC2CN(C(=O)O)CCN2)S(=O)(=O)c2ccccc2[N+](=O)[O-])c1. The predicted molar refractivity (Wildman–Crippen MR) is 117 cm³/mol. The number of nitrogens with one attached hydrogen (secondary N) is 1. The number of methoxy groups -OCH3 is 1. The van der Waals surface area contributed by atoms with Gasteiger partial charge in [0.25, 0.3) is 15.7 Å². The number of hydrogen-bond donors (Lipinski definition) is 2. The minimum Gasteiger partial charge on any atom is -0.497 e. The van der Waals surface area contributed by atoms with E-state index in [0.717, 1.165) is 10.4 Å². The summed E-state index contributed by atoms with van der Waals surface area (Å²) in [5, 5.41) is 23.9. The lowest BCUT2D eigenvalue weighted by Gasteiger charge is -2.33. The number of sulfonamides is 1. The Hall–Kier alpha value is -3.38. The second-order valence-electron chi connectivity index (χ2n) is 7.17. The van der Waals surface area contributed by atoms with E-state index in [-0.39, 0.29) is 24.8 Å². The first-order chi connectivity index (χ1) is 15.2. The first-order valence-electron chi connectivity index (χ1n) is 9.85. The molecule has 2 aromatic carbocycles. The molecule has 172 valence electrons. The summed E-state index contributed by atoms with van der Waals surface area (Å²) in [5.41, 5.74) is -0.235. The van der Waals surface area contributed by atoms with Gasteiger partial charge >= 0.3 is 6.09 Å². The van der Waals surface area contributed by atoms with Crippen molar-refractivity contribution in [2.24, 2.45) is 0 Å². The van der Waals surface area contributed by atoms with Gasteiger partial charge in [-0.1, -0.05) is 18.2 Å². The molecule has 2 aromatic rings. The molecule has 1 aliphatic heterocycles. The fourth-order valence-electron chi connectivity index (χ4n) is 3.56. The number of anilines is 1. The van der Waals surface area contributed by atoms with E-state index in [1.165, 1.54) is 36.3 Å². The lowest BCUT2D eigenvalue weighted by molar-refractivity contribution is -0.387. The highest BCUT2D eigenvalue weighted by Gasteiger charge is 2.33. The second-order valence-corrected chi connectivity index (χ2v) is 9.00. The topological polar surface area (TPSA) is 142 Å². The van der Waals surface area contributed by atoms with E-state index in [0.29, 0.717) is 25.3 Å². The zero-order valence-corrected chi connectivity index (χ0v) is 18.2. The van der Waals surface area contributed by atoms with E-state index >= 15 is 0 Å². The lowest BCUT2D eigenvalue weighted by Crippen LogP contribution is -2.53. The van der Waals surface area contributed by atoms with Crippen LogP contribution in [0.4, 0.5) is 16.2 Å². The number of benzene rings is 2. The molecule has 12 heteroatoms. The number of nitro groups is 1. The Balaban J connectivity index is 1.96. The van der Waals surface area contributed by atoms with E-state index in [9.17, 15) is 28.4 Å². The standard InChI is InChI=1S/C20H24N4O7S/c1-31-17-6-4-5-16(13-17)23(11-9-15-14-22(20(25)26)12-10-21-15)32(29,30)19-8-3-2-7-18(19)24(27)28/h2-8,13,15,21H,9-12,14H2,1H3,(H,25,26). The fraction of sp³-hybridized carbons (Fsp3) is 0.350. The van der Waals surface area contributed by atoms with E-state index in [4.69, 9.17) is 4.74 Å². The quantitative estimate of drug-likeness (QED) is 0.447. The van der Waals surface area contributed by atoms with Crippen LogP contribution in [0.15, 0.2) is 53.4 Å². The molecular formula is C20H24N4O7S. The highest BCUT2D eigenvalue weighted by atomic mass is 32.2. The van der Waals surface area contributed by atoms with Crippen molar-refractivity contribution < 1.29 is 28.0 Å². The van der Waals surface area contributed by atoms with Crippen molar-refractivity contribution in [3.05, 3.63) is 58.6 Å². The summed E-state index contributed by atoms with van der Waals surface area (Å²) in [7, 11) is -2.86. The van der Waals surface area contributed by atoms with E-state index in [1.807, 2.05) is 0 Å². The van der Waals surface area contributed by atoms with Crippen molar-refractivity contribution in [1.29, 1.82) is 0 Å². The summed E-state index contributed by atoms with van der Waals surface area (Å²) < 4.78 is 33.4. The van der Waals surface area contributed by atoms with Crippen LogP contribution in [0, 0.1) is 10.1 Å². The third kappa shape index (κ3) is 5.08. The van der Waals surface area contributed by atoms with Gasteiger partial charge in [-0.25, -0.2) is 13.2 Å². The average molecular weight is 465 g/mol. The molecule has 0 radical (unpaired) electrons. The Morgan fingerprint density at radius 1 is 1.31 bits per heavy atom. The molecule has 1 aliphatic rings. The largest absolute Gasteiger partial charge is 0.497 e. The van der Waals surface area contributed by atoms with E-state index < -0.39 is 31.6 Å². The van der Waals surface area contributed by atoms with Gasteiger partial charge in [0.15, 0.2) is 4.90 Å². The van der Waals surface area contributed by atoms with Crippen LogP contribution in [0.3, 0.4) is 0 Å². The van der Waals surface area contributed by atoms with Gasteiger partial charge < -0.3 is 20.1 Å². The summed E-state index contributed by atoms with van der Waals surface area (Å²) in [6.45, 7) is 0.993. The molecule has 0 aromatic heterocycles. The normalized spacial score (nSPS) is 16.4. The molecule has 2 N–H and O–H groups in total. The van der Waals surface area contributed by atoms with E-state index in [2.05, 4.69) is 5.32 Å². The van der Waals surface area contributed by atoms with Crippen LogP contribution in [0.1, 0.15) is 6.42 Å². The molecule has 0 saturated carbocycles. The summed E-state index contributed by atoms with van der Waals surface area (Å²) in [4.78, 5) is 22.9. The summed E-state index contributed by atoms with van der Waals surface area (Å²) in [6, 6.07) is 11.3. The maximum atomic E-state index is 13.6. The molecule has 1 unspecified atom stereocenters. The molecule has 1 saturated heterocycles. The molecule has 1 heterocycles. The van der Waals surface area contributed by atoms with Gasteiger partial charge in [-0.05, 0) is 24.6 Å². The molecule has 1 fully saturated rings. The summed E-state index contributed by atoms with van der Waals surface area (Å²) in [5.74, 6) is 0.429. The highest BCUT2D eigenvalue weighted by Crippen LogP contribution is 2.31. The minimum absolute atomic E-state index is 0.0212. The van der Waals surface area contributed by atoms with Crippen molar-refractivity contribution in [3.63, 3.8) is 0 Å². The molecule has 11 nitrogen and oxygen atoms in total. The van der Waals surface area contributed by atoms with Crippen molar-refractivity contribution in [3.8, 4) is 5.75 Å². The van der Waals surface area contributed by atoms with Gasteiger partial charge in [0.05, 0.1) is 17.7 Å². The first-order valence-corrected chi connectivity index (χ1v) is 11.3. The Morgan fingerprint density at radius 3 is 2.75 bits per heavy atom. The number of nitrogens with zero attached hydrogens (tertiary/aromatic N) is 3. The lowest BCUT2D eigenvalue weighted by atomic mass is 10.1. The number of piperazine rings is 1. The van der Waals surface area contributed by atoms with Crippen LogP contribution in [0.25, 0.3) is 0 Å². The third-order valence-electron chi connectivity index (χ3n) is 5.18. The average Bonchev–Trinajstić information content (AvgIpc) is 2.79. The van der Waals surface area contributed by atoms with Crippen molar-refractivity contribution in [2.45, 2.75) is 17.4 Å². The monoisotopic (exact) mass is 464 g/mol. The molecule has 32 heavy (non-hydrogen) atoms. The molecule has 3 rings (SSSR count). The van der Waals surface area contributed by atoms with Gasteiger partial charge in [-0.2, -0.15) is 0 Å². The zero-order valence-electron chi connectivity index (χ0n) is 17.4. The molecule has 0 aliphatic carbocycles. The second kappa shape index (κ2) is 9.83. The van der Waals surface area contributed by atoms with Crippen LogP contribution >= 0.6 is 0 Å². The Kier molecular flexibility index (Phi) is 7.15. The molecule has 1 atom stereocenters. The van der Waals surface area contributed by atoms with Crippen molar-refractivity contribution >= 4 is 27.5 Å². The highest BCUT2D eigenvalue weighted by molar-refractivity contribution is 7.93. The zero-order chi connectivity index (χ0) is 23.3. The van der Waals surface area contributed by atoms with Gasteiger partial charge in [0, 0.05) is 44.4 Å².